The van der Waals surface area contributed by atoms with E-state index in [1.54, 1.807) is 0 Å². The first-order chi connectivity index (χ1) is 6.26. The van der Waals surface area contributed by atoms with Crippen LogP contribution in [0.5, 0.6) is 0 Å². The smallest absolute Gasteiger partial charge is 0.0656 e. The highest BCUT2D eigenvalue weighted by atomic mass is 16.5. The van der Waals surface area contributed by atoms with Crippen molar-refractivity contribution in [3.63, 3.8) is 0 Å². The molecule has 76 valence electrons. The van der Waals surface area contributed by atoms with Gasteiger partial charge in [0.2, 0.25) is 0 Å². The standard InChI is InChI=1S/C12H22O/c1-3-12(2)8-4-6-10-7-5-9-13-11(10)12/h10-11H,3-9H2,1-2H3. The highest BCUT2D eigenvalue weighted by Crippen LogP contribution is 2.46. The molecule has 1 aliphatic carbocycles. The van der Waals surface area contributed by atoms with Crippen molar-refractivity contribution >= 4 is 0 Å². The topological polar surface area (TPSA) is 9.23 Å². The Hall–Kier alpha value is -0.0400. The number of rotatable bonds is 1. The lowest BCUT2D eigenvalue weighted by molar-refractivity contribution is -0.121. The lowest BCUT2D eigenvalue weighted by Gasteiger charge is -2.47. The van der Waals surface area contributed by atoms with Gasteiger partial charge in [-0.15, -0.1) is 0 Å². The fourth-order valence-corrected chi connectivity index (χ4v) is 3.20. The summed E-state index contributed by atoms with van der Waals surface area (Å²) in [5.74, 6) is 0.882. The first-order valence-electron chi connectivity index (χ1n) is 5.88. The fourth-order valence-electron chi connectivity index (χ4n) is 3.20. The molecular weight excluding hydrogens is 160 g/mol. The molecule has 2 rings (SSSR count). The molecule has 0 N–H and O–H groups in total. The van der Waals surface area contributed by atoms with Crippen LogP contribution in [0.3, 0.4) is 0 Å². The maximum Gasteiger partial charge on any atom is 0.0656 e. The van der Waals surface area contributed by atoms with Crippen molar-refractivity contribution in [2.24, 2.45) is 11.3 Å². The van der Waals surface area contributed by atoms with Gasteiger partial charge in [-0.3, -0.25) is 0 Å². The average molecular weight is 182 g/mol. The Kier molecular flexibility index (Phi) is 2.64. The Balaban J connectivity index is 2.11. The molecule has 1 heterocycles. The predicted molar refractivity (Wildman–Crippen MR) is 54.7 cm³/mol. The first-order valence-corrected chi connectivity index (χ1v) is 5.88. The van der Waals surface area contributed by atoms with E-state index in [9.17, 15) is 0 Å². The van der Waals surface area contributed by atoms with Crippen LogP contribution >= 0.6 is 0 Å². The van der Waals surface area contributed by atoms with E-state index in [1.807, 2.05) is 0 Å². The maximum absolute atomic E-state index is 5.99. The van der Waals surface area contributed by atoms with E-state index in [0.29, 0.717) is 11.5 Å². The van der Waals surface area contributed by atoms with E-state index in [1.165, 1.54) is 38.5 Å². The molecule has 13 heavy (non-hydrogen) atoms. The van der Waals surface area contributed by atoms with E-state index in [0.717, 1.165) is 12.5 Å². The summed E-state index contributed by atoms with van der Waals surface area (Å²) in [4.78, 5) is 0. The average Bonchev–Trinajstić information content (AvgIpc) is 2.19. The number of fused-ring (bicyclic) bond motifs is 1. The second kappa shape index (κ2) is 3.61. The minimum atomic E-state index is 0.489. The zero-order chi connectivity index (χ0) is 9.31. The second-order valence-corrected chi connectivity index (χ2v) is 5.09. The van der Waals surface area contributed by atoms with Crippen molar-refractivity contribution in [3.05, 3.63) is 0 Å². The summed E-state index contributed by atoms with van der Waals surface area (Å²) in [6.07, 6.45) is 8.80. The van der Waals surface area contributed by atoms with Crippen molar-refractivity contribution in [3.8, 4) is 0 Å². The predicted octanol–water partition coefficient (Wildman–Crippen LogP) is 3.38. The second-order valence-electron chi connectivity index (χ2n) is 5.09. The molecule has 0 bridgehead atoms. The van der Waals surface area contributed by atoms with Crippen LogP contribution in [0.2, 0.25) is 0 Å². The van der Waals surface area contributed by atoms with Gasteiger partial charge in [0.05, 0.1) is 6.10 Å². The van der Waals surface area contributed by atoms with E-state index < -0.39 is 0 Å². The van der Waals surface area contributed by atoms with Gasteiger partial charge in [-0.1, -0.05) is 20.3 Å². The van der Waals surface area contributed by atoms with E-state index in [4.69, 9.17) is 4.74 Å². The van der Waals surface area contributed by atoms with Crippen LogP contribution in [0.1, 0.15) is 52.4 Å². The molecule has 2 aliphatic rings. The molecule has 1 nitrogen and oxygen atoms in total. The summed E-state index contributed by atoms with van der Waals surface area (Å²) in [6, 6.07) is 0. The van der Waals surface area contributed by atoms with Gasteiger partial charge in [0.25, 0.3) is 0 Å². The Morgan fingerprint density at radius 3 is 2.85 bits per heavy atom. The van der Waals surface area contributed by atoms with Crippen molar-refractivity contribution in [1.29, 1.82) is 0 Å². The lowest BCUT2D eigenvalue weighted by Crippen LogP contribution is -2.45. The third-order valence-corrected chi connectivity index (χ3v) is 4.26. The molecule has 1 aliphatic heterocycles. The highest BCUT2D eigenvalue weighted by molar-refractivity contribution is 4.92. The molecule has 0 aromatic heterocycles. The minimum Gasteiger partial charge on any atom is -0.377 e. The maximum atomic E-state index is 5.99. The van der Waals surface area contributed by atoms with E-state index in [-0.39, 0.29) is 0 Å². The van der Waals surface area contributed by atoms with Crippen molar-refractivity contribution in [2.45, 2.75) is 58.5 Å². The Morgan fingerprint density at radius 2 is 2.08 bits per heavy atom. The largest absolute Gasteiger partial charge is 0.377 e. The van der Waals surface area contributed by atoms with Crippen LogP contribution in [0.15, 0.2) is 0 Å². The van der Waals surface area contributed by atoms with Crippen LogP contribution < -0.4 is 0 Å². The summed E-state index contributed by atoms with van der Waals surface area (Å²) in [7, 11) is 0. The van der Waals surface area contributed by atoms with Crippen LogP contribution in [0, 0.1) is 11.3 Å². The van der Waals surface area contributed by atoms with Crippen LogP contribution in [-0.2, 0) is 4.74 Å². The summed E-state index contributed by atoms with van der Waals surface area (Å²) < 4.78 is 5.99. The molecule has 0 spiro atoms. The molecule has 0 radical (unpaired) electrons. The molecule has 3 unspecified atom stereocenters. The SMILES string of the molecule is CCC1(C)CCCC2CCCOC21. The zero-order valence-electron chi connectivity index (χ0n) is 9.01. The van der Waals surface area contributed by atoms with Gasteiger partial charge in [-0.2, -0.15) is 0 Å². The molecule has 1 saturated carbocycles. The van der Waals surface area contributed by atoms with Gasteiger partial charge < -0.3 is 4.74 Å². The van der Waals surface area contributed by atoms with Crippen molar-refractivity contribution in [1.82, 2.24) is 0 Å². The Bertz CT molecular complexity index is 176. The van der Waals surface area contributed by atoms with Crippen molar-refractivity contribution < 1.29 is 4.74 Å². The Labute approximate surface area is 81.9 Å². The summed E-state index contributed by atoms with van der Waals surface area (Å²) >= 11 is 0. The van der Waals surface area contributed by atoms with Gasteiger partial charge in [-0.05, 0) is 43.4 Å². The van der Waals surface area contributed by atoms with Gasteiger partial charge in [-0.25, -0.2) is 0 Å². The van der Waals surface area contributed by atoms with Gasteiger partial charge >= 0.3 is 0 Å². The normalized spacial score (nSPS) is 45.7. The third-order valence-electron chi connectivity index (χ3n) is 4.26. The van der Waals surface area contributed by atoms with Gasteiger partial charge in [0.15, 0.2) is 0 Å². The van der Waals surface area contributed by atoms with Crippen LogP contribution in [0.4, 0.5) is 0 Å². The van der Waals surface area contributed by atoms with Crippen LogP contribution in [-0.4, -0.2) is 12.7 Å². The van der Waals surface area contributed by atoms with Crippen LogP contribution in [0.25, 0.3) is 0 Å². The minimum absolute atomic E-state index is 0.489. The quantitative estimate of drug-likeness (QED) is 0.604. The fraction of sp³-hybridized carbons (Fsp3) is 1.00. The van der Waals surface area contributed by atoms with Gasteiger partial charge in [0, 0.05) is 6.61 Å². The Morgan fingerprint density at radius 1 is 1.31 bits per heavy atom. The summed E-state index contributed by atoms with van der Waals surface area (Å²) in [5.41, 5.74) is 0.489. The molecule has 1 heteroatoms. The molecule has 2 fully saturated rings. The summed E-state index contributed by atoms with van der Waals surface area (Å²) in [5, 5.41) is 0. The molecule has 1 saturated heterocycles. The highest BCUT2D eigenvalue weighted by Gasteiger charge is 2.42. The number of hydrogen-bond donors (Lipinski definition) is 0. The van der Waals surface area contributed by atoms with E-state index >= 15 is 0 Å². The van der Waals surface area contributed by atoms with E-state index in [2.05, 4.69) is 13.8 Å². The third kappa shape index (κ3) is 1.63. The zero-order valence-corrected chi connectivity index (χ0v) is 9.01. The van der Waals surface area contributed by atoms with Crippen molar-refractivity contribution in [2.75, 3.05) is 6.61 Å². The molecule has 0 amide bonds. The number of hydrogen-bond acceptors (Lipinski definition) is 1. The molecule has 3 atom stereocenters. The molecule has 0 aromatic carbocycles. The lowest BCUT2D eigenvalue weighted by atomic mass is 9.65. The molecule has 0 aromatic rings. The first kappa shape index (κ1) is 9.51. The summed E-state index contributed by atoms with van der Waals surface area (Å²) in [6.45, 7) is 5.76. The number of ether oxygens (including phenoxy) is 1. The monoisotopic (exact) mass is 182 g/mol. The van der Waals surface area contributed by atoms with Gasteiger partial charge in [0.1, 0.15) is 0 Å². The molecular formula is C12H22O.